The summed E-state index contributed by atoms with van der Waals surface area (Å²) in [5.41, 5.74) is 0.885. The normalized spacial score (nSPS) is 12.2. The topological polar surface area (TPSA) is 55.2 Å². The molecule has 0 amide bonds. The molecule has 0 atom stereocenters. The Morgan fingerprint density at radius 2 is 2.18 bits per heavy atom. The minimum absolute atomic E-state index is 0.149. The Labute approximate surface area is 107 Å². The number of halogens is 1. The van der Waals surface area contributed by atoms with Crippen LogP contribution in [0.3, 0.4) is 0 Å². The van der Waals surface area contributed by atoms with Gasteiger partial charge in [0.15, 0.2) is 0 Å². The number of aryl methyl sites for hydroxylation is 1. The summed E-state index contributed by atoms with van der Waals surface area (Å²) < 4.78 is 26.8. The maximum absolute atomic E-state index is 11.9. The number of hydrogen-bond acceptors (Lipinski definition) is 3. The van der Waals surface area contributed by atoms with Crippen LogP contribution in [-0.2, 0) is 23.6 Å². The average Bonchev–Trinajstić information content (AvgIpc) is 2.64. The van der Waals surface area contributed by atoms with Crippen molar-refractivity contribution in [2.75, 3.05) is 18.7 Å². The third kappa shape index (κ3) is 4.65. The van der Waals surface area contributed by atoms with E-state index in [0.717, 1.165) is 12.0 Å². The molecule has 0 fully saturated rings. The van der Waals surface area contributed by atoms with E-state index >= 15 is 0 Å². The second-order valence-electron chi connectivity index (χ2n) is 3.99. The van der Waals surface area contributed by atoms with Crippen LogP contribution in [0.15, 0.2) is 12.4 Å². The Balaban J connectivity index is 2.53. The van der Waals surface area contributed by atoms with Gasteiger partial charge in [0.05, 0.1) is 11.9 Å². The van der Waals surface area contributed by atoms with E-state index in [9.17, 15) is 8.42 Å². The molecule has 0 aliphatic heterocycles. The van der Waals surface area contributed by atoms with Crippen molar-refractivity contribution >= 4 is 21.6 Å². The third-order valence-electron chi connectivity index (χ3n) is 2.42. The van der Waals surface area contributed by atoms with Crippen LogP contribution in [0.5, 0.6) is 0 Å². The van der Waals surface area contributed by atoms with Gasteiger partial charge in [-0.15, -0.1) is 11.6 Å². The summed E-state index contributed by atoms with van der Waals surface area (Å²) in [7, 11) is 0.207. The monoisotopic (exact) mass is 279 g/mol. The van der Waals surface area contributed by atoms with Crippen LogP contribution in [0, 0.1) is 0 Å². The maximum Gasteiger partial charge on any atom is 0.214 e. The molecule has 0 unspecified atom stereocenters. The summed E-state index contributed by atoms with van der Waals surface area (Å²) >= 11 is 5.52. The molecule has 17 heavy (non-hydrogen) atoms. The lowest BCUT2D eigenvalue weighted by atomic mass is 10.4. The highest BCUT2D eigenvalue weighted by Crippen LogP contribution is 2.08. The summed E-state index contributed by atoms with van der Waals surface area (Å²) in [6.07, 6.45) is 4.81. The number of nitrogens with zero attached hydrogens (tertiary/aromatic N) is 3. The van der Waals surface area contributed by atoms with Crippen molar-refractivity contribution in [2.24, 2.45) is 7.05 Å². The number of aromatic nitrogens is 2. The van der Waals surface area contributed by atoms with Crippen molar-refractivity contribution in [1.82, 2.24) is 14.1 Å². The number of hydrogen-bond donors (Lipinski definition) is 0. The minimum atomic E-state index is -3.18. The Hall–Kier alpha value is -0.590. The van der Waals surface area contributed by atoms with Crippen LogP contribution in [-0.4, -0.2) is 41.2 Å². The molecule has 5 nitrogen and oxygen atoms in total. The molecule has 0 aliphatic rings. The number of sulfonamides is 1. The van der Waals surface area contributed by atoms with E-state index in [1.54, 1.807) is 25.0 Å². The van der Waals surface area contributed by atoms with Crippen LogP contribution < -0.4 is 0 Å². The van der Waals surface area contributed by atoms with E-state index < -0.39 is 10.0 Å². The van der Waals surface area contributed by atoms with Crippen LogP contribution in [0.4, 0.5) is 0 Å². The van der Waals surface area contributed by atoms with Gasteiger partial charge in [-0.05, 0) is 12.8 Å². The van der Waals surface area contributed by atoms with E-state index in [4.69, 9.17) is 11.6 Å². The number of alkyl halides is 1. The van der Waals surface area contributed by atoms with E-state index in [-0.39, 0.29) is 5.75 Å². The predicted octanol–water partition coefficient (Wildman–Crippen LogP) is 1.20. The van der Waals surface area contributed by atoms with E-state index in [1.165, 1.54) is 4.31 Å². The van der Waals surface area contributed by atoms with Gasteiger partial charge < -0.3 is 0 Å². The van der Waals surface area contributed by atoms with Crippen LogP contribution >= 0.6 is 11.6 Å². The smallest absolute Gasteiger partial charge is 0.214 e. The van der Waals surface area contributed by atoms with Crippen LogP contribution in [0.2, 0.25) is 0 Å². The fourth-order valence-electron chi connectivity index (χ4n) is 1.44. The third-order valence-corrected chi connectivity index (χ3v) is 4.58. The zero-order chi connectivity index (χ0) is 12.9. The van der Waals surface area contributed by atoms with Gasteiger partial charge in [0.25, 0.3) is 0 Å². The molecule has 1 aromatic rings. The van der Waals surface area contributed by atoms with Crippen LogP contribution in [0.25, 0.3) is 0 Å². The first-order chi connectivity index (χ1) is 7.95. The summed E-state index contributed by atoms with van der Waals surface area (Å²) in [6, 6.07) is 0. The van der Waals surface area contributed by atoms with Crippen LogP contribution in [0.1, 0.15) is 18.4 Å². The zero-order valence-corrected chi connectivity index (χ0v) is 11.7. The lowest BCUT2D eigenvalue weighted by molar-refractivity contribution is 0.465. The molecule has 7 heteroatoms. The largest absolute Gasteiger partial charge is 0.275 e. The molecule has 0 aromatic carbocycles. The summed E-state index contributed by atoms with van der Waals surface area (Å²) in [6.45, 7) is 0.358. The average molecular weight is 280 g/mol. The molecular formula is C10H18ClN3O2S. The number of rotatable bonds is 7. The Morgan fingerprint density at radius 3 is 2.71 bits per heavy atom. The maximum atomic E-state index is 11.9. The lowest BCUT2D eigenvalue weighted by Gasteiger charge is -2.15. The first-order valence-corrected chi connectivity index (χ1v) is 7.57. The first-order valence-electron chi connectivity index (χ1n) is 5.43. The van der Waals surface area contributed by atoms with Crippen molar-refractivity contribution in [1.29, 1.82) is 0 Å². The van der Waals surface area contributed by atoms with Gasteiger partial charge in [-0.1, -0.05) is 0 Å². The predicted molar refractivity (Wildman–Crippen MR) is 68.4 cm³/mol. The van der Waals surface area contributed by atoms with E-state index in [2.05, 4.69) is 5.10 Å². The molecule has 0 saturated carbocycles. The highest BCUT2D eigenvalue weighted by atomic mass is 35.5. The summed E-state index contributed by atoms with van der Waals surface area (Å²) in [5, 5.41) is 4.00. The molecule has 0 spiro atoms. The Kier molecular flexibility index (Phi) is 5.42. The molecule has 0 saturated heterocycles. The SMILES string of the molecule is CN(Cc1cnn(C)c1)S(=O)(=O)CCCCCl. The summed E-state index contributed by atoms with van der Waals surface area (Å²) in [4.78, 5) is 0. The molecule has 0 bridgehead atoms. The van der Waals surface area contributed by atoms with Gasteiger partial charge in [-0.2, -0.15) is 5.10 Å². The fourth-order valence-corrected chi connectivity index (χ4v) is 2.86. The number of unbranched alkanes of at least 4 members (excludes halogenated alkanes) is 1. The van der Waals surface area contributed by atoms with Gasteiger partial charge in [0.1, 0.15) is 0 Å². The molecule has 0 N–H and O–H groups in total. The fraction of sp³-hybridized carbons (Fsp3) is 0.700. The van der Waals surface area contributed by atoms with Gasteiger partial charge in [0.2, 0.25) is 10.0 Å². The van der Waals surface area contributed by atoms with E-state index in [1.807, 2.05) is 6.20 Å². The highest BCUT2D eigenvalue weighted by Gasteiger charge is 2.17. The molecule has 1 aromatic heterocycles. The minimum Gasteiger partial charge on any atom is -0.275 e. The second kappa shape index (κ2) is 6.37. The van der Waals surface area contributed by atoms with Crippen molar-refractivity contribution < 1.29 is 8.42 Å². The van der Waals surface area contributed by atoms with Crippen molar-refractivity contribution in [3.8, 4) is 0 Å². The molecule has 0 aliphatic carbocycles. The van der Waals surface area contributed by atoms with Crippen molar-refractivity contribution in [3.05, 3.63) is 18.0 Å². The van der Waals surface area contributed by atoms with Crippen molar-refractivity contribution in [2.45, 2.75) is 19.4 Å². The molecule has 1 rings (SSSR count). The first kappa shape index (κ1) is 14.5. The van der Waals surface area contributed by atoms with Crippen molar-refractivity contribution in [3.63, 3.8) is 0 Å². The Morgan fingerprint density at radius 1 is 1.47 bits per heavy atom. The standard InChI is InChI=1S/C10H18ClN3O2S/c1-13-8-10(7-12-13)9-14(2)17(15,16)6-4-3-5-11/h7-8H,3-6,9H2,1-2H3. The van der Waals surface area contributed by atoms with Gasteiger partial charge in [-0.25, -0.2) is 12.7 Å². The second-order valence-corrected chi connectivity index (χ2v) is 6.56. The molecule has 1 heterocycles. The lowest BCUT2D eigenvalue weighted by Crippen LogP contribution is -2.28. The summed E-state index contributed by atoms with van der Waals surface area (Å²) in [5.74, 6) is 0.651. The van der Waals surface area contributed by atoms with Gasteiger partial charge in [0, 0.05) is 38.3 Å². The molecule has 98 valence electrons. The zero-order valence-electron chi connectivity index (χ0n) is 10.1. The highest BCUT2D eigenvalue weighted by molar-refractivity contribution is 7.89. The molecule has 0 radical (unpaired) electrons. The molecular weight excluding hydrogens is 262 g/mol. The van der Waals surface area contributed by atoms with Gasteiger partial charge in [-0.3, -0.25) is 4.68 Å². The quantitative estimate of drug-likeness (QED) is 0.557. The Bertz CT molecular complexity index is 444. The van der Waals surface area contributed by atoms with Gasteiger partial charge >= 0.3 is 0 Å². The van der Waals surface area contributed by atoms with E-state index in [0.29, 0.717) is 18.8 Å².